The van der Waals surface area contributed by atoms with Crippen molar-refractivity contribution in [3.05, 3.63) is 77.3 Å². The Bertz CT molecular complexity index is 555. The standard InChI is InChI=1S/C17H18ClNO.ClH/c1-2-10-19-12-15-4-3-5-17(11-15)20-13-14-6-8-16(18)9-7-14;/h2-9,11,19H,1,10,12-13H2;1H. The maximum Gasteiger partial charge on any atom is 0.120 e. The smallest absolute Gasteiger partial charge is 0.120 e. The van der Waals surface area contributed by atoms with Crippen molar-refractivity contribution in [3.8, 4) is 5.75 Å². The zero-order valence-corrected chi connectivity index (χ0v) is 13.3. The summed E-state index contributed by atoms with van der Waals surface area (Å²) in [4.78, 5) is 0. The average molecular weight is 324 g/mol. The van der Waals surface area contributed by atoms with Crippen LogP contribution in [0.15, 0.2) is 61.2 Å². The summed E-state index contributed by atoms with van der Waals surface area (Å²) in [6.07, 6.45) is 1.85. The van der Waals surface area contributed by atoms with E-state index < -0.39 is 0 Å². The van der Waals surface area contributed by atoms with E-state index in [2.05, 4.69) is 18.0 Å². The van der Waals surface area contributed by atoms with Crippen LogP contribution in [0.25, 0.3) is 0 Å². The molecule has 0 saturated heterocycles. The largest absolute Gasteiger partial charge is 0.489 e. The molecule has 21 heavy (non-hydrogen) atoms. The minimum absolute atomic E-state index is 0. The zero-order valence-electron chi connectivity index (χ0n) is 11.7. The molecule has 0 aliphatic rings. The molecule has 2 nitrogen and oxygen atoms in total. The molecule has 0 bridgehead atoms. The van der Waals surface area contributed by atoms with Gasteiger partial charge in [-0.3, -0.25) is 0 Å². The normalized spacial score (nSPS) is 9.76. The molecular weight excluding hydrogens is 305 g/mol. The van der Waals surface area contributed by atoms with Gasteiger partial charge in [-0.05, 0) is 35.4 Å². The molecule has 0 spiro atoms. The monoisotopic (exact) mass is 323 g/mol. The predicted octanol–water partition coefficient (Wildman–Crippen LogP) is 4.62. The van der Waals surface area contributed by atoms with Gasteiger partial charge in [-0.15, -0.1) is 19.0 Å². The number of hydrogen-bond acceptors (Lipinski definition) is 2. The number of benzene rings is 2. The fourth-order valence-corrected chi connectivity index (χ4v) is 1.94. The van der Waals surface area contributed by atoms with Gasteiger partial charge in [0.1, 0.15) is 12.4 Å². The third kappa shape index (κ3) is 6.21. The summed E-state index contributed by atoms with van der Waals surface area (Å²) in [5, 5.41) is 4.01. The molecule has 0 heterocycles. The van der Waals surface area contributed by atoms with Crippen molar-refractivity contribution in [1.29, 1.82) is 0 Å². The van der Waals surface area contributed by atoms with Crippen LogP contribution in [0, 0.1) is 0 Å². The molecule has 2 aromatic carbocycles. The summed E-state index contributed by atoms with van der Waals surface area (Å²) in [5.74, 6) is 0.873. The SMILES string of the molecule is C=CCNCc1cccc(OCc2ccc(Cl)cc2)c1.Cl. The van der Waals surface area contributed by atoms with Crippen LogP contribution < -0.4 is 10.1 Å². The van der Waals surface area contributed by atoms with Crippen molar-refractivity contribution in [1.82, 2.24) is 5.32 Å². The van der Waals surface area contributed by atoms with Crippen LogP contribution in [0.3, 0.4) is 0 Å². The van der Waals surface area contributed by atoms with Crippen LogP contribution >= 0.6 is 24.0 Å². The Morgan fingerprint density at radius 3 is 2.57 bits per heavy atom. The molecule has 0 aliphatic heterocycles. The van der Waals surface area contributed by atoms with Gasteiger partial charge in [0.25, 0.3) is 0 Å². The van der Waals surface area contributed by atoms with Gasteiger partial charge in [-0.25, -0.2) is 0 Å². The average Bonchev–Trinajstić information content (AvgIpc) is 2.47. The third-order valence-corrected chi connectivity index (χ3v) is 3.09. The first kappa shape index (κ1) is 17.6. The van der Waals surface area contributed by atoms with Crippen LogP contribution in [0.2, 0.25) is 5.02 Å². The van der Waals surface area contributed by atoms with Gasteiger partial charge in [-0.1, -0.05) is 41.9 Å². The highest BCUT2D eigenvalue weighted by Crippen LogP contribution is 2.16. The summed E-state index contributed by atoms with van der Waals surface area (Å²) in [6, 6.07) is 15.8. The number of ether oxygens (including phenoxy) is 1. The second kappa shape index (κ2) is 9.46. The molecule has 0 aliphatic carbocycles. The Morgan fingerprint density at radius 2 is 1.86 bits per heavy atom. The molecular formula is C17H19Cl2NO. The highest BCUT2D eigenvalue weighted by Gasteiger charge is 1.98. The Labute approximate surface area is 137 Å². The van der Waals surface area contributed by atoms with Gasteiger partial charge in [0, 0.05) is 18.1 Å². The van der Waals surface area contributed by atoms with Crippen molar-refractivity contribution in [2.24, 2.45) is 0 Å². The molecule has 0 atom stereocenters. The molecule has 0 radical (unpaired) electrons. The lowest BCUT2D eigenvalue weighted by Crippen LogP contribution is -2.12. The minimum Gasteiger partial charge on any atom is -0.489 e. The summed E-state index contributed by atoms with van der Waals surface area (Å²) in [5.41, 5.74) is 2.30. The van der Waals surface area contributed by atoms with Crippen LogP contribution in [-0.2, 0) is 13.2 Å². The molecule has 1 N–H and O–H groups in total. The predicted molar refractivity (Wildman–Crippen MR) is 91.4 cm³/mol. The van der Waals surface area contributed by atoms with E-state index in [4.69, 9.17) is 16.3 Å². The van der Waals surface area contributed by atoms with Crippen molar-refractivity contribution in [2.75, 3.05) is 6.54 Å². The number of nitrogens with one attached hydrogen (secondary N) is 1. The lowest BCUT2D eigenvalue weighted by molar-refractivity contribution is 0.306. The van der Waals surface area contributed by atoms with E-state index in [-0.39, 0.29) is 12.4 Å². The molecule has 2 aromatic rings. The Morgan fingerprint density at radius 1 is 1.10 bits per heavy atom. The molecule has 4 heteroatoms. The van der Waals surface area contributed by atoms with Gasteiger partial charge < -0.3 is 10.1 Å². The van der Waals surface area contributed by atoms with Crippen molar-refractivity contribution in [2.45, 2.75) is 13.2 Å². The van der Waals surface area contributed by atoms with Crippen LogP contribution in [-0.4, -0.2) is 6.54 Å². The fourth-order valence-electron chi connectivity index (χ4n) is 1.81. The van der Waals surface area contributed by atoms with E-state index in [1.165, 1.54) is 5.56 Å². The quantitative estimate of drug-likeness (QED) is 0.593. The molecule has 0 amide bonds. The van der Waals surface area contributed by atoms with Gasteiger partial charge in [0.05, 0.1) is 0 Å². The van der Waals surface area contributed by atoms with Crippen molar-refractivity contribution < 1.29 is 4.74 Å². The van der Waals surface area contributed by atoms with E-state index in [1.807, 2.05) is 48.5 Å². The Balaban J connectivity index is 0.00000220. The van der Waals surface area contributed by atoms with E-state index in [0.29, 0.717) is 6.61 Å². The summed E-state index contributed by atoms with van der Waals surface area (Å²) < 4.78 is 5.79. The number of hydrogen-bond donors (Lipinski definition) is 1. The van der Waals surface area contributed by atoms with E-state index in [1.54, 1.807) is 0 Å². The Hall–Kier alpha value is -1.48. The number of halogens is 2. The van der Waals surface area contributed by atoms with Crippen LogP contribution in [0.4, 0.5) is 0 Å². The second-order valence-electron chi connectivity index (χ2n) is 4.48. The van der Waals surface area contributed by atoms with Gasteiger partial charge >= 0.3 is 0 Å². The lowest BCUT2D eigenvalue weighted by atomic mass is 10.2. The van der Waals surface area contributed by atoms with Crippen molar-refractivity contribution in [3.63, 3.8) is 0 Å². The summed E-state index contributed by atoms with van der Waals surface area (Å²) >= 11 is 5.86. The minimum atomic E-state index is 0. The van der Waals surface area contributed by atoms with Crippen molar-refractivity contribution >= 4 is 24.0 Å². The molecule has 0 aromatic heterocycles. The molecule has 0 unspecified atom stereocenters. The third-order valence-electron chi connectivity index (χ3n) is 2.84. The molecule has 112 valence electrons. The fraction of sp³-hybridized carbons (Fsp3) is 0.176. The zero-order chi connectivity index (χ0) is 14.2. The highest BCUT2D eigenvalue weighted by molar-refractivity contribution is 6.30. The first-order chi connectivity index (χ1) is 9.78. The summed E-state index contributed by atoms with van der Waals surface area (Å²) in [6.45, 7) is 5.84. The maximum absolute atomic E-state index is 5.86. The maximum atomic E-state index is 5.86. The first-order valence-electron chi connectivity index (χ1n) is 6.56. The molecule has 2 rings (SSSR count). The van der Waals surface area contributed by atoms with E-state index >= 15 is 0 Å². The van der Waals surface area contributed by atoms with Crippen LogP contribution in [0.1, 0.15) is 11.1 Å². The van der Waals surface area contributed by atoms with Gasteiger partial charge in [0.15, 0.2) is 0 Å². The van der Waals surface area contributed by atoms with Gasteiger partial charge in [0.2, 0.25) is 0 Å². The van der Waals surface area contributed by atoms with Gasteiger partial charge in [-0.2, -0.15) is 0 Å². The van der Waals surface area contributed by atoms with Crippen LogP contribution in [0.5, 0.6) is 5.75 Å². The second-order valence-corrected chi connectivity index (χ2v) is 4.92. The Kier molecular flexibility index (Phi) is 7.91. The molecule has 0 saturated carbocycles. The highest BCUT2D eigenvalue weighted by atomic mass is 35.5. The lowest BCUT2D eigenvalue weighted by Gasteiger charge is -2.08. The van der Waals surface area contributed by atoms with E-state index in [9.17, 15) is 0 Å². The first-order valence-corrected chi connectivity index (χ1v) is 6.93. The molecule has 0 fully saturated rings. The topological polar surface area (TPSA) is 21.3 Å². The van der Waals surface area contributed by atoms with E-state index in [0.717, 1.165) is 29.4 Å². The summed E-state index contributed by atoms with van der Waals surface area (Å²) in [7, 11) is 0. The number of rotatable bonds is 7.